The third-order valence-electron chi connectivity index (χ3n) is 1.71. The fourth-order valence-corrected chi connectivity index (χ4v) is 1.17. The van der Waals surface area contributed by atoms with Crippen LogP contribution in [-0.4, -0.2) is 6.10 Å². The molecule has 0 amide bonds. The molecule has 13 heavy (non-hydrogen) atoms. The Kier molecular flexibility index (Phi) is 3.29. The molecule has 1 rings (SSSR count). The second-order valence-electron chi connectivity index (χ2n) is 3.32. The van der Waals surface area contributed by atoms with Gasteiger partial charge in [-0.05, 0) is 38.0 Å². The van der Waals surface area contributed by atoms with E-state index in [9.17, 15) is 4.39 Å². The van der Waals surface area contributed by atoms with E-state index in [1.165, 1.54) is 12.1 Å². The van der Waals surface area contributed by atoms with Crippen LogP contribution in [0.4, 0.5) is 4.39 Å². The summed E-state index contributed by atoms with van der Waals surface area (Å²) < 4.78 is 18.4. The van der Waals surface area contributed by atoms with Crippen molar-refractivity contribution >= 4 is 0 Å². The largest absolute Gasteiger partial charge is 0.491 e. The molecule has 0 aliphatic carbocycles. The van der Waals surface area contributed by atoms with E-state index in [1.54, 1.807) is 0 Å². The Morgan fingerprint density at radius 3 is 2.54 bits per heavy atom. The minimum atomic E-state index is -0.227. The Hall–Kier alpha value is -1.05. The van der Waals surface area contributed by atoms with Crippen molar-refractivity contribution < 1.29 is 9.13 Å². The van der Waals surface area contributed by atoms with E-state index < -0.39 is 0 Å². The molecule has 0 atom stereocenters. The minimum Gasteiger partial charge on any atom is -0.491 e. The van der Waals surface area contributed by atoms with E-state index >= 15 is 0 Å². The highest BCUT2D eigenvalue weighted by Gasteiger charge is 2.01. The van der Waals surface area contributed by atoms with Gasteiger partial charge in [0.2, 0.25) is 0 Å². The van der Waals surface area contributed by atoms with E-state index in [0.717, 1.165) is 12.0 Å². The molecule has 0 bridgehead atoms. The zero-order valence-electron chi connectivity index (χ0n) is 8.30. The zero-order valence-corrected chi connectivity index (χ0v) is 8.30. The van der Waals surface area contributed by atoms with Gasteiger partial charge in [-0.3, -0.25) is 0 Å². The Morgan fingerprint density at radius 2 is 2.00 bits per heavy atom. The predicted octanol–water partition coefficient (Wildman–Crippen LogP) is 3.18. The van der Waals surface area contributed by atoms with Crippen LogP contribution < -0.4 is 4.74 Å². The van der Waals surface area contributed by atoms with Gasteiger partial charge in [0.1, 0.15) is 11.6 Å². The molecule has 0 aliphatic heterocycles. The van der Waals surface area contributed by atoms with Crippen LogP contribution in [-0.2, 0) is 6.42 Å². The van der Waals surface area contributed by atoms with E-state index in [4.69, 9.17) is 4.74 Å². The fraction of sp³-hybridized carbons (Fsp3) is 0.455. The van der Waals surface area contributed by atoms with Crippen molar-refractivity contribution in [3.63, 3.8) is 0 Å². The molecule has 0 aliphatic rings. The lowest BCUT2D eigenvalue weighted by atomic mass is 10.1. The van der Waals surface area contributed by atoms with Crippen molar-refractivity contribution in [3.8, 4) is 5.75 Å². The highest BCUT2D eigenvalue weighted by atomic mass is 19.1. The summed E-state index contributed by atoms with van der Waals surface area (Å²) in [6.45, 7) is 5.85. The van der Waals surface area contributed by atoms with Crippen molar-refractivity contribution in [1.29, 1.82) is 0 Å². The molecule has 0 heterocycles. The first-order chi connectivity index (χ1) is 6.11. The smallest absolute Gasteiger partial charge is 0.127 e. The van der Waals surface area contributed by atoms with Crippen LogP contribution in [0.2, 0.25) is 0 Å². The van der Waals surface area contributed by atoms with Gasteiger partial charge < -0.3 is 4.74 Å². The van der Waals surface area contributed by atoms with Crippen LogP contribution in [0.15, 0.2) is 18.2 Å². The van der Waals surface area contributed by atoms with Gasteiger partial charge in [-0.2, -0.15) is 0 Å². The second kappa shape index (κ2) is 4.26. The zero-order chi connectivity index (χ0) is 9.84. The number of benzene rings is 1. The van der Waals surface area contributed by atoms with Crippen LogP contribution >= 0.6 is 0 Å². The first-order valence-corrected chi connectivity index (χ1v) is 4.58. The third kappa shape index (κ3) is 3.05. The molecule has 2 heteroatoms. The van der Waals surface area contributed by atoms with Crippen molar-refractivity contribution in [2.45, 2.75) is 33.3 Å². The molecule has 0 saturated carbocycles. The lowest BCUT2D eigenvalue weighted by molar-refractivity contribution is 0.241. The van der Waals surface area contributed by atoms with Gasteiger partial charge in [-0.1, -0.05) is 6.92 Å². The summed E-state index contributed by atoms with van der Waals surface area (Å²) in [4.78, 5) is 0. The summed E-state index contributed by atoms with van der Waals surface area (Å²) in [5, 5.41) is 0. The summed E-state index contributed by atoms with van der Waals surface area (Å²) in [7, 11) is 0. The molecule has 0 N–H and O–H groups in total. The first-order valence-electron chi connectivity index (χ1n) is 4.58. The monoisotopic (exact) mass is 182 g/mol. The number of aryl methyl sites for hydroxylation is 1. The molecule has 0 saturated heterocycles. The third-order valence-corrected chi connectivity index (χ3v) is 1.71. The molecule has 0 unspecified atom stereocenters. The van der Waals surface area contributed by atoms with Gasteiger partial charge >= 0.3 is 0 Å². The quantitative estimate of drug-likeness (QED) is 0.697. The molecule has 1 aromatic carbocycles. The summed E-state index contributed by atoms with van der Waals surface area (Å²) in [5.74, 6) is 0.391. The molecule has 0 radical (unpaired) electrons. The number of hydrogen-bond acceptors (Lipinski definition) is 1. The normalized spacial score (nSPS) is 10.5. The molecular formula is C11H15FO. The lowest BCUT2D eigenvalue weighted by Gasteiger charge is -2.10. The highest BCUT2D eigenvalue weighted by Crippen LogP contribution is 2.17. The van der Waals surface area contributed by atoms with Crippen molar-refractivity contribution in [2.24, 2.45) is 0 Å². The summed E-state index contributed by atoms with van der Waals surface area (Å²) in [6, 6.07) is 4.83. The summed E-state index contributed by atoms with van der Waals surface area (Å²) >= 11 is 0. The van der Waals surface area contributed by atoms with Crippen LogP contribution in [0.25, 0.3) is 0 Å². The predicted molar refractivity (Wildman–Crippen MR) is 51.5 cm³/mol. The molecule has 1 nitrogen and oxygen atoms in total. The van der Waals surface area contributed by atoms with Crippen molar-refractivity contribution in [1.82, 2.24) is 0 Å². The van der Waals surface area contributed by atoms with Crippen molar-refractivity contribution in [2.75, 3.05) is 0 Å². The maximum atomic E-state index is 13.0. The van der Waals surface area contributed by atoms with E-state index in [1.807, 2.05) is 26.8 Å². The fourth-order valence-electron chi connectivity index (χ4n) is 1.17. The second-order valence-corrected chi connectivity index (χ2v) is 3.32. The number of hydrogen-bond donors (Lipinski definition) is 0. The Labute approximate surface area is 78.5 Å². The van der Waals surface area contributed by atoms with Gasteiger partial charge in [-0.15, -0.1) is 0 Å². The Morgan fingerprint density at radius 1 is 1.31 bits per heavy atom. The van der Waals surface area contributed by atoms with Crippen LogP contribution in [0.1, 0.15) is 26.3 Å². The van der Waals surface area contributed by atoms with Gasteiger partial charge in [0.15, 0.2) is 0 Å². The molecular weight excluding hydrogens is 167 g/mol. The molecule has 0 fully saturated rings. The first kappa shape index (κ1) is 10.0. The topological polar surface area (TPSA) is 9.23 Å². The molecule has 72 valence electrons. The van der Waals surface area contributed by atoms with E-state index in [2.05, 4.69) is 0 Å². The van der Waals surface area contributed by atoms with Crippen LogP contribution in [0.3, 0.4) is 0 Å². The highest BCUT2D eigenvalue weighted by molar-refractivity contribution is 5.29. The number of ether oxygens (including phenoxy) is 1. The Balaban J connectivity index is 2.88. The minimum absolute atomic E-state index is 0.0894. The number of halogens is 1. The molecule has 0 aromatic heterocycles. The van der Waals surface area contributed by atoms with E-state index in [-0.39, 0.29) is 11.9 Å². The van der Waals surface area contributed by atoms with Gasteiger partial charge in [0.25, 0.3) is 0 Å². The van der Waals surface area contributed by atoms with Gasteiger partial charge in [0, 0.05) is 6.07 Å². The van der Waals surface area contributed by atoms with Crippen LogP contribution in [0.5, 0.6) is 5.75 Å². The van der Waals surface area contributed by atoms with Gasteiger partial charge in [0.05, 0.1) is 6.10 Å². The average Bonchev–Trinajstić information content (AvgIpc) is 2.01. The average molecular weight is 182 g/mol. The maximum Gasteiger partial charge on any atom is 0.127 e. The van der Waals surface area contributed by atoms with Crippen molar-refractivity contribution in [3.05, 3.63) is 29.6 Å². The lowest BCUT2D eigenvalue weighted by Crippen LogP contribution is -2.06. The number of rotatable bonds is 3. The standard InChI is InChI=1S/C11H15FO/c1-4-9-5-10(12)7-11(6-9)13-8(2)3/h5-8H,4H2,1-3H3. The summed E-state index contributed by atoms with van der Waals surface area (Å²) in [6.07, 6.45) is 0.915. The molecule has 1 aromatic rings. The maximum absolute atomic E-state index is 13.0. The SMILES string of the molecule is CCc1cc(F)cc(OC(C)C)c1. The molecule has 0 spiro atoms. The Bertz CT molecular complexity index is 281. The summed E-state index contributed by atoms with van der Waals surface area (Å²) in [5.41, 5.74) is 0.968. The van der Waals surface area contributed by atoms with Crippen LogP contribution in [0, 0.1) is 5.82 Å². The van der Waals surface area contributed by atoms with Gasteiger partial charge in [-0.25, -0.2) is 4.39 Å². The van der Waals surface area contributed by atoms with E-state index in [0.29, 0.717) is 5.75 Å².